The standard InChI is InChI=1S/C7H9F3N2/c1-2-6-11-4-3-5(12-6)7(8,9)10/h3-4,6,12H,2H2,1H3. The van der Waals surface area contributed by atoms with Crippen LogP contribution in [0.2, 0.25) is 0 Å². The zero-order chi connectivity index (χ0) is 9.19. The normalized spacial score (nSPS) is 23.3. The summed E-state index contributed by atoms with van der Waals surface area (Å²) in [6.07, 6.45) is -2.06. The first-order chi connectivity index (χ1) is 5.54. The summed E-state index contributed by atoms with van der Waals surface area (Å²) in [5.41, 5.74) is -0.718. The highest BCUT2D eigenvalue weighted by Gasteiger charge is 2.35. The number of nitrogens with one attached hydrogen (secondary N) is 1. The number of alkyl halides is 3. The van der Waals surface area contributed by atoms with E-state index in [2.05, 4.69) is 10.3 Å². The predicted octanol–water partition coefficient (Wildman–Crippen LogP) is 1.84. The van der Waals surface area contributed by atoms with Gasteiger partial charge >= 0.3 is 6.18 Å². The van der Waals surface area contributed by atoms with Crippen LogP contribution < -0.4 is 5.32 Å². The van der Waals surface area contributed by atoms with Crippen molar-refractivity contribution in [3.8, 4) is 0 Å². The molecule has 12 heavy (non-hydrogen) atoms. The van der Waals surface area contributed by atoms with E-state index < -0.39 is 18.0 Å². The molecule has 0 radical (unpaired) electrons. The quantitative estimate of drug-likeness (QED) is 0.651. The molecule has 0 aromatic carbocycles. The van der Waals surface area contributed by atoms with E-state index in [9.17, 15) is 13.2 Å². The average molecular weight is 178 g/mol. The van der Waals surface area contributed by atoms with Gasteiger partial charge in [-0.25, -0.2) is 0 Å². The van der Waals surface area contributed by atoms with Crippen molar-refractivity contribution in [2.24, 2.45) is 4.99 Å². The van der Waals surface area contributed by atoms with Gasteiger partial charge in [0.25, 0.3) is 0 Å². The Morgan fingerprint density at radius 1 is 1.58 bits per heavy atom. The molecular formula is C7H9F3N2. The van der Waals surface area contributed by atoms with Crippen LogP contribution in [-0.4, -0.2) is 18.6 Å². The molecule has 0 aliphatic carbocycles. The predicted molar refractivity (Wildman–Crippen MR) is 39.8 cm³/mol. The molecule has 1 N–H and O–H groups in total. The van der Waals surface area contributed by atoms with Gasteiger partial charge in [-0.1, -0.05) is 6.92 Å². The second-order valence-electron chi connectivity index (χ2n) is 2.44. The Morgan fingerprint density at radius 3 is 2.75 bits per heavy atom. The summed E-state index contributed by atoms with van der Waals surface area (Å²) in [6.45, 7) is 1.77. The lowest BCUT2D eigenvalue weighted by atomic mass is 10.3. The minimum Gasteiger partial charge on any atom is -0.360 e. The summed E-state index contributed by atoms with van der Waals surface area (Å²) in [4.78, 5) is 3.80. The third-order valence-electron chi connectivity index (χ3n) is 1.52. The van der Waals surface area contributed by atoms with Crippen molar-refractivity contribution in [1.29, 1.82) is 0 Å². The second kappa shape index (κ2) is 3.16. The van der Waals surface area contributed by atoms with E-state index in [0.29, 0.717) is 6.42 Å². The van der Waals surface area contributed by atoms with Crippen LogP contribution in [0.1, 0.15) is 13.3 Å². The van der Waals surface area contributed by atoms with Gasteiger partial charge in [0.05, 0.1) is 0 Å². The molecule has 5 heteroatoms. The Balaban J connectivity index is 2.70. The van der Waals surface area contributed by atoms with Gasteiger partial charge in [-0.2, -0.15) is 13.2 Å². The maximum absolute atomic E-state index is 12.1. The molecular weight excluding hydrogens is 169 g/mol. The number of hydrogen-bond donors (Lipinski definition) is 1. The van der Waals surface area contributed by atoms with E-state index in [4.69, 9.17) is 0 Å². The molecule has 0 saturated carbocycles. The van der Waals surface area contributed by atoms with E-state index in [1.165, 1.54) is 6.21 Å². The van der Waals surface area contributed by atoms with E-state index in [1.54, 1.807) is 6.92 Å². The summed E-state index contributed by atoms with van der Waals surface area (Å²) < 4.78 is 36.2. The maximum Gasteiger partial charge on any atom is 0.431 e. The molecule has 1 unspecified atom stereocenters. The average Bonchev–Trinajstić information content (AvgIpc) is 2.03. The van der Waals surface area contributed by atoms with Crippen molar-refractivity contribution in [3.63, 3.8) is 0 Å². The Labute approximate surface area is 68.2 Å². The van der Waals surface area contributed by atoms with Crippen LogP contribution in [-0.2, 0) is 0 Å². The number of hydrogen-bond acceptors (Lipinski definition) is 2. The fraction of sp³-hybridized carbons (Fsp3) is 0.571. The Bertz CT molecular complexity index is 217. The van der Waals surface area contributed by atoms with Gasteiger partial charge in [0.15, 0.2) is 0 Å². The molecule has 2 nitrogen and oxygen atoms in total. The summed E-state index contributed by atoms with van der Waals surface area (Å²) in [5.74, 6) is 0. The van der Waals surface area contributed by atoms with E-state index in [0.717, 1.165) is 6.08 Å². The van der Waals surface area contributed by atoms with Gasteiger partial charge in [-0.3, -0.25) is 4.99 Å². The minimum absolute atomic E-state index is 0.438. The number of halogens is 3. The second-order valence-corrected chi connectivity index (χ2v) is 2.44. The molecule has 0 amide bonds. The molecule has 1 atom stereocenters. The van der Waals surface area contributed by atoms with Crippen LogP contribution >= 0.6 is 0 Å². The Hall–Kier alpha value is -1.00. The third kappa shape index (κ3) is 1.99. The highest BCUT2D eigenvalue weighted by molar-refractivity contribution is 5.73. The van der Waals surface area contributed by atoms with Crippen LogP contribution in [0.3, 0.4) is 0 Å². The van der Waals surface area contributed by atoms with Crippen molar-refractivity contribution in [2.45, 2.75) is 25.7 Å². The summed E-state index contributed by atoms with van der Waals surface area (Å²) in [6, 6.07) is 0. The van der Waals surface area contributed by atoms with Gasteiger partial charge < -0.3 is 5.32 Å². The van der Waals surface area contributed by atoms with Crippen LogP contribution in [0, 0.1) is 0 Å². The summed E-state index contributed by atoms with van der Waals surface area (Å²) >= 11 is 0. The SMILES string of the molecule is CCC1N=CC=C(C(F)(F)F)N1. The van der Waals surface area contributed by atoms with Crippen LogP contribution in [0.5, 0.6) is 0 Å². The van der Waals surface area contributed by atoms with E-state index in [-0.39, 0.29) is 0 Å². The smallest absolute Gasteiger partial charge is 0.360 e. The highest BCUT2D eigenvalue weighted by atomic mass is 19.4. The Kier molecular flexibility index (Phi) is 2.40. The van der Waals surface area contributed by atoms with Gasteiger partial charge in [0.1, 0.15) is 11.9 Å². The lowest BCUT2D eigenvalue weighted by molar-refractivity contribution is -0.0978. The maximum atomic E-state index is 12.1. The molecule has 1 aliphatic heterocycles. The summed E-state index contributed by atoms with van der Waals surface area (Å²) in [7, 11) is 0. The first-order valence-electron chi connectivity index (χ1n) is 3.61. The molecule has 0 bridgehead atoms. The first kappa shape index (κ1) is 9.09. The van der Waals surface area contributed by atoms with Gasteiger partial charge in [0.2, 0.25) is 0 Å². The minimum atomic E-state index is -4.29. The molecule has 0 spiro atoms. The van der Waals surface area contributed by atoms with Crippen molar-refractivity contribution in [2.75, 3.05) is 0 Å². The fourth-order valence-electron chi connectivity index (χ4n) is 0.870. The molecule has 1 aliphatic rings. The van der Waals surface area contributed by atoms with E-state index >= 15 is 0 Å². The zero-order valence-electron chi connectivity index (χ0n) is 6.52. The van der Waals surface area contributed by atoms with Gasteiger partial charge in [-0.15, -0.1) is 0 Å². The molecule has 0 saturated heterocycles. The number of nitrogens with zero attached hydrogens (tertiary/aromatic N) is 1. The fourth-order valence-corrected chi connectivity index (χ4v) is 0.870. The van der Waals surface area contributed by atoms with Crippen molar-refractivity contribution < 1.29 is 13.2 Å². The molecule has 1 heterocycles. The number of aliphatic imine (C=N–C) groups is 1. The van der Waals surface area contributed by atoms with Crippen molar-refractivity contribution in [1.82, 2.24) is 5.32 Å². The lowest BCUT2D eigenvalue weighted by Crippen LogP contribution is -2.35. The van der Waals surface area contributed by atoms with Crippen LogP contribution in [0.4, 0.5) is 13.2 Å². The monoisotopic (exact) mass is 178 g/mol. The van der Waals surface area contributed by atoms with E-state index in [1.807, 2.05) is 0 Å². The first-order valence-corrected chi connectivity index (χ1v) is 3.61. The Morgan fingerprint density at radius 2 is 2.25 bits per heavy atom. The van der Waals surface area contributed by atoms with Gasteiger partial charge in [-0.05, 0) is 12.5 Å². The molecule has 0 aromatic rings. The van der Waals surface area contributed by atoms with Crippen LogP contribution in [0.15, 0.2) is 16.8 Å². The zero-order valence-corrected chi connectivity index (χ0v) is 6.52. The van der Waals surface area contributed by atoms with Crippen molar-refractivity contribution in [3.05, 3.63) is 11.8 Å². The number of allylic oxidation sites excluding steroid dienone is 2. The number of rotatable bonds is 1. The third-order valence-corrected chi connectivity index (χ3v) is 1.52. The topological polar surface area (TPSA) is 24.4 Å². The molecule has 1 rings (SSSR count). The molecule has 0 fully saturated rings. The highest BCUT2D eigenvalue weighted by Crippen LogP contribution is 2.24. The molecule has 0 aromatic heterocycles. The van der Waals surface area contributed by atoms with Gasteiger partial charge in [0, 0.05) is 6.21 Å². The summed E-state index contributed by atoms with van der Waals surface area (Å²) in [5, 5.41) is 2.28. The largest absolute Gasteiger partial charge is 0.431 e. The lowest BCUT2D eigenvalue weighted by Gasteiger charge is -2.21. The van der Waals surface area contributed by atoms with Crippen LogP contribution in [0.25, 0.3) is 0 Å². The molecule has 68 valence electrons. The van der Waals surface area contributed by atoms with Crippen molar-refractivity contribution >= 4 is 6.21 Å².